The van der Waals surface area contributed by atoms with Gasteiger partial charge >= 0.3 is 0 Å². The summed E-state index contributed by atoms with van der Waals surface area (Å²) in [7, 11) is 0. The highest BCUT2D eigenvalue weighted by Gasteiger charge is 2.44. The van der Waals surface area contributed by atoms with Gasteiger partial charge < -0.3 is 5.73 Å². The topological polar surface area (TPSA) is 29.3 Å². The molecule has 0 bridgehead atoms. The van der Waals surface area contributed by atoms with Crippen LogP contribution in [-0.2, 0) is 0 Å². The van der Waals surface area contributed by atoms with E-state index in [2.05, 4.69) is 25.7 Å². The predicted octanol–water partition coefficient (Wildman–Crippen LogP) is 3.01. The van der Waals surface area contributed by atoms with Crippen LogP contribution in [0, 0.1) is 11.8 Å². The van der Waals surface area contributed by atoms with Crippen LogP contribution in [0.15, 0.2) is 0 Å². The summed E-state index contributed by atoms with van der Waals surface area (Å²) in [6, 6.07) is 0.725. The summed E-state index contributed by atoms with van der Waals surface area (Å²) in [5, 5.41) is 0. The van der Waals surface area contributed by atoms with Gasteiger partial charge in [-0.3, -0.25) is 4.90 Å². The monoisotopic (exact) mass is 238 g/mol. The van der Waals surface area contributed by atoms with Gasteiger partial charge in [-0.15, -0.1) is 0 Å². The first-order valence-corrected chi connectivity index (χ1v) is 7.57. The summed E-state index contributed by atoms with van der Waals surface area (Å²) in [6.07, 6.45) is 8.19. The summed E-state index contributed by atoms with van der Waals surface area (Å²) >= 11 is 0. The Balaban J connectivity index is 2.16. The van der Waals surface area contributed by atoms with Crippen molar-refractivity contribution in [2.24, 2.45) is 17.6 Å². The minimum Gasteiger partial charge on any atom is -0.329 e. The minimum absolute atomic E-state index is 0.317. The first-order valence-electron chi connectivity index (χ1n) is 7.57. The number of rotatable bonds is 2. The molecule has 2 heteroatoms. The summed E-state index contributed by atoms with van der Waals surface area (Å²) in [4.78, 5) is 2.77. The standard InChI is InChI=1S/C15H30N2/c1-12-7-9-17(14(3)10-12)15(11-16)8-5-4-6-13(15)2/h12-14H,4-11,16H2,1-3H3. The molecule has 1 aliphatic heterocycles. The molecule has 100 valence electrons. The van der Waals surface area contributed by atoms with E-state index in [1.54, 1.807) is 0 Å². The van der Waals surface area contributed by atoms with Crippen LogP contribution in [0.4, 0.5) is 0 Å². The first-order chi connectivity index (χ1) is 8.10. The molecule has 2 aliphatic rings. The van der Waals surface area contributed by atoms with Gasteiger partial charge in [-0.2, -0.15) is 0 Å². The van der Waals surface area contributed by atoms with E-state index in [4.69, 9.17) is 5.73 Å². The van der Waals surface area contributed by atoms with Crippen LogP contribution in [-0.4, -0.2) is 29.6 Å². The van der Waals surface area contributed by atoms with Crippen LogP contribution in [0.1, 0.15) is 59.3 Å². The zero-order valence-corrected chi connectivity index (χ0v) is 11.9. The molecule has 1 aliphatic carbocycles. The lowest BCUT2D eigenvalue weighted by molar-refractivity contribution is -0.0393. The summed E-state index contributed by atoms with van der Waals surface area (Å²) in [5.41, 5.74) is 6.53. The summed E-state index contributed by atoms with van der Waals surface area (Å²) in [5.74, 6) is 1.67. The Bertz CT molecular complexity index is 253. The average Bonchev–Trinajstić information content (AvgIpc) is 2.31. The van der Waals surface area contributed by atoms with Gasteiger partial charge in [-0.1, -0.05) is 26.7 Å². The second kappa shape index (κ2) is 5.27. The fraction of sp³-hybridized carbons (Fsp3) is 1.00. The molecular weight excluding hydrogens is 208 g/mol. The predicted molar refractivity (Wildman–Crippen MR) is 74.0 cm³/mol. The molecule has 0 aromatic carbocycles. The van der Waals surface area contributed by atoms with Gasteiger partial charge in [-0.25, -0.2) is 0 Å². The molecule has 17 heavy (non-hydrogen) atoms. The van der Waals surface area contributed by atoms with Crippen LogP contribution in [0.3, 0.4) is 0 Å². The lowest BCUT2D eigenvalue weighted by atomic mass is 9.70. The van der Waals surface area contributed by atoms with Gasteiger partial charge in [0.25, 0.3) is 0 Å². The van der Waals surface area contributed by atoms with E-state index in [1.165, 1.54) is 45.1 Å². The van der Waals surface area contributed by atoms with E-state index in [9.17, 15) is 0 Å². The molecule has 0 aromatic heterocycles. The maximum Gasteiger partial charge on any atom is 0.0360 e. The van der Waals surface area contributed by atoms with Gasteiger partial charge in [-0.05, 0) is 51.0 Å². The molecule has 2 N–H and O–H groups in total. The Morgan fingerprint density at radius 3 is 2.53 bits per heavy atom. The Kier molecular flexibility index (Phi) is 4.14. The van der Waals surface area contributed by atoms with Crippen LogP contribution >= 0.6 is 0 Å². The SMILES string of the molecule is CC1CCN(C2(CN)CCCCC2C)C(C)C1. The zero-order chi connectivity index (χ0) is 12.5. The zero-order valence-electron chi connectivity index (χ0n) is 11.9. The lowest BCUT2D eigenvalue weighted by Crippen LogP contribution is -2.63. The van der Waals surface area contributed by atoms with Crippen LogP contribution in [0.5, 0.6) is 0 Å². The fourth-order valence-electron chi connectivity index (χ4n) is 4.31. The van der Waals surface area contributed by atoms with Crippen molar-refractivity contribution in [2.45, 2.75) is 70.9 Å². The van der Waals surface area contributed by atoms with Gasteiger partial charge in [0.2, 0.25) is 0 Å². The molecule has 1 saturated carbocycles. The summed E-state index contributed by atoms with van der Waals surface area (Å²) in [6.45, 7) is 9.36. The van der Waals surface area contributed by atoms with Gasteiger partial charge in [0.05, 0.1) is 0 Å². The highest BCUT2D eigenvalue weighted by Crippen LogP contribution is 2.41. The Labute approximate surface area is 107 Å². The van der Waals surface area contributed by atoms with Crippen LogP contribution < -0.4 is 5.73 Å². The Morgan fingerprint density at radius 1 is 1.18 bits per heavy atom. The van der Waals surface area contributed by atoms with E-state index < -0.39 is 0 Å². The number of nitrogens with two attached hydrogens (primary N) is 1. The number of nitrogens with zero attached hydrogens (tertiary/aromatic N) is 1. The molecule has 0 amide bonds. The van der Waals surface area contributed by atoms with Crippen molar-refractivity contribution >= 4 is 0 Å². The normalized spacial score (nSPS) is 44.8. The average molecular weight is 238 g/mol. The number of piperidine rings is 1. The molecule has 0 aromatic rings. The smallest absolute Gasteiger partial charge is 0.0360 e. The minimum atomic E-state index is 0.317. The molecule has 1 saturated heterocycles. The van der Waals surface area contributed by atoms with Crippen LogP contribution in [0.2, 0.25) is 0 Å². The molecule has 2 rings (SSSR count). The third-order valence-electron chi connectivity index (χ3n) is 5.48. The van der Waals surface area contributed by atoms with E-state index in [0.29, 0.717) is 5.54 Å². The molecule has 1 heterocycles. The number of hydrogen-bond donors (Lipinski definition) is 1. The van der Waals surface area contributed by atoms with Crippen molar-refractivity contribution < 1.29 is 0 Å². The molecule has 2 nitrogen and oxygen atoms in total. The van der Waals surface area contributed by atoms with Crippen molar-refractivity contribution in [3.8, 4) is 0 Å². The van der Waals surface area contributed by atoms with Gasteiger partial charge in [0.15, 0.2) is 0 Å². The van der Waals surface area contributed by atoms with E-state index >= 15 is 0 Å². The van der Waals surface area contributed by atoms with Crippen molar-refractivity contribution in [3.05, 3.63) is 0 Å². The first kappa shape index (κ1) is 13.4. The van der Waals surface area contributed by atoms with Crippen molar-refractivity contribution in [2.75, 3.05) is 13.1 Å². The van der Waals surface area contributed by atoms with Gasteiger partial charge in [0, 0.05) is 18.1 Å². The number of likely N-dealkylation sites (tertiary alicyclic amines) is 1. The third kappa shape index (κ3) is 2.39. The van der Waals surface area contributed by atoms with E-state index in [-0.39, 0.29) is 0 Å². The molecular formula is C15H30N2. The Morgan fingerprint density at radius 2 is 1.94 bits per heavy atom. The largest absolute Gasteiger partial charge is 0.329 e. The maximum atomic E-state index is 6.21. The highest BCUT2D eigenvalue weighted by molar-refractivity contribution is 5.01. The molecule has 0 spiro atoms. The van der Waals surface area contributed by atoms with Crippen LogP contribution in [0.25, 0.3) is 0 Å². The highest BCUT2D eigenvalue weighted by atomic mass is 15.2. The van der Waals surface area contributed by atoms with Gasteiger partial charge in [0.1, 0.15) is 0 Å². The lowest BCUT2D eigenvalue weighted by Gasteiger charge is -2.55. The molecule has 4 unspecified atom stereocenters. The second-order valence-electron chi connectivity index (χ2n) is 6.63. The van der Waals surface area contributed by atoms with Crippen molar-refractivity contribution in [1.29, 1.82) is 0 Å². The van der Waals surface area contributed by atoms with E-state index in [0.717, 1.165) is 24.4 Å². The fourth-order valence-corrected chi connectivity index (χ4v) is 4.31. The molecule has 2 fully saturated rings. The number of hydrogen-bond acceptors (Lipinski definition) is 2. The maximum absolute atomic E-state index is 6.21. The quantitative estimate of drug-likeness (QED) is 0.801. The Hall–Kier alpha value is -0.0800. The third-order valence-corrected chi connectivity index (χ3v) is 5.48. The molecule has 0 radical (unpaired) electrons. The summed E-state index contributed by atoms with van der Waals surface area (Å²) < 4.78 is 0. The second-order valence-corrected chi connectivity index (χ2v) is 6.63. The van der Waals surface area contributed by atoms with Crippen molar-refractivity contribution in [3.63, 3.8) is 0 Å². The van der Waals surface area contributed by atoms with Crippen molar-refractivity contribution in [1.82, 2.24) is 4.90 Å². The van der Waals surface area contributed by atoms with E-state index in [1.807, 2.05) is 0 Å². The molecule has 4 atom stereocenters.